The SMILES string of the molecule is COc1ccc(OC)c(CN2CCN(C(=O)c3nc(-c4ccccc4)oc3C3CC3)CC2)c1. The minimum Gasteiger partial charge on any atom is -0.497 e. The summed E-state index contributed by atoms with van der Waals surface area (Å²) < 4.78 is 17.0. The Morgan fingerprint density at radius 1 is 1.03 bits per heavy atom. The van der Waals surface area contributed by atoms with Crippen molar-refractivity contribution >= 4 is 5.91 Å². The maximum Gasteiger partial charge on any atom is 0.276 e. The molecule has 2 aromatic carbocycles. The lowest BCUT2D eigenvalue weighted by Gasteiger charge is -2.34. The first-order valence-corrected chi connectivity index (χ1v) is 11.4. The van der Waals surface area contributed by atoms with Gasteiger partial charge in [-0.2, -0.15) is 0 Å². The standard InChI is InChI=1S/C26H29N3O4/c1-31-21-10-11-22(32-2)20(16-21)17-28-12-14-29(15-13-28)26(30)23-24(18-8-9-18)33-25(27-23)19-6-4-3-5-7-19/h3-7,10-11,16,18H,8-9,12-15,17H2,1-2H3. The molecule has 0 bridgehead atoms. The molecule has 1 amide bonds. The van der Waals surface area contributed by atoms with Crippen LogP contribution in [0.2, 0.25) is 0 Å². The van der Waals surface area contributed by atoms with Gasteiger partial charge in [0.15, 0.2) is 5.69 Å². The summed E-state index contributed by atoms with van der Waals surface area (Å²) in [5.41, 5.74) is 2.46. The van der Waals surface area contributed by atoms with E-state index in [9.17, 15) is 4.79 Å². The number of oxazole rings is 1. The Labute approximate surface area is 193 Å². The maximum absolute atomic E-state index is 13.4. The number of ether oxygens (including phenoxy) is 2. The molecule has 1 aromatic heterocycles. The fraction of sp³-hybridized carbons (Fsp3) is 0.385. The first-order chi connectivity index (χ1) is 16.2. The Morgan fingerprint density at radius 3 is 2.45 bits per heavy atom. The molecule has 7 heteroatoms. The molecule has 0 radical (unpaired) electrons. The molecule has 33 heavy (non-hydrogen) atoms. The second-order valence-corrected chi connectivity index (χ2v) is 8.62. The molecule has 172 valence electrons. The minimum atomic E-state index is -0.0264. The Balaban J connectivity index is 1.27. The van der Waals surface area contributed by atoms with E-state index in [-0.39, 0.29) is 5.91 Å². The summed E-state index contributed by atoms with van der Waals surface area (Å²) in [6, 6.07) is 15.6. The number of rotatable bonds is 7. The van der Waals surface area contributed by atoms with E-state index in [1.165, 1.54) is 0 Å². The highest BCUT2D eigenvalue weighted by Gasteiger charge is 2.36. The van der Waals surface area contributed by atoms with Crippen LogP contribution in [0.1, 0.15) is 40.6 Å². The first kappa shape index (κ1) is 21.5. The molecule has 5 rings (SSSR count). The van der Waals surface area contributed by atoms with Crippen LogP contribution in [0.4, 0.5) is 0 Å². The molecule has 0 atom stereocenters. The van der Waals surface area contributed by atoms with Crippen molar-refractivity contribution in [2.45, 2.75) is 25.3 Å². The highest BCUT2D eigenvalue weighted by atomic mass is 16.5. The summed E-state index contributed by atoms with van der Waals surface area (Å²) >= 11 is 0. The topological polar surface area (TPSA) is 68.0 Å². The van der Waals surface area contributed by atoms with Crippen LogP contribution in [-0.4, -0.2) is 61.1 Å². The van der Waals surface area contributed by atoms with Crippen LogP contribution in [0, 0.1) is 0 Å². The molecule has 0 unspecified atom stereocenters. The summed E-state index contributed by atoms with van der Waals surface area (Å²) in [4.78, 5) is 22.3. The molecule has 1 aliphatic heterocycles. The van der Waals surface area contributed by atoms with Gasteiger partial charge in [0.2, 0.25) is 5.89 Å². The molecule has 2 aliphatic rings. The number of nitrogens with zero attached hydrogens (tertiary/aromatic N) is 3. The number of carbonyl (C=O) groups is 1. The Kier molecular flexibility index (Phi) is 6.05. The van der Waals surface area contributed by atoms with Gasteiger partial charge in [0.05, 0.1) is 14.2 Å². The van der Waals surface area contributed by atoms with Gasteiger partial charge in [0, 0.05) is 49.8 Å². The number of benzene rings is 2. The number of methoxy groups -OCH3 is 2. The predicted molar refractivity (Wildman–Crippen MR) is 125 cm³/mol. The third-order valence-electron chi connectivity index (χ3n) is 6.37. The zero-order chi connectivity index (χ0) is 22.8. The van der Waals surface area contributed by atoms with Gasteiger partial charge in [-0.05, 0) is 43.2 Å². The van der Waals surface area contributed by atoms with Gasteiger partial charge >= 0.3 is 0 Å². The summed E-state index contributed by atoms with van der Waals surface area (Å²) in [5.74, 6) is 3.23. The number of hydrogen-bond donors (Lipinski definition) is 0. The maximum atomic E-state index is 13.4. The molecule has 2 heterocycles. The van der Waals surface area contributed by atoms with E-state index in [4.69, 9.17) is 13.9 Å². The molecule has 1 aliphatic carbocycles. The highest BCUT2D eigenvalue weighted by molar-refractivity contribution is 5.94. The lowest BCUT2D eigenvalue weighted by molar-refractivity contribution is 0.0620. The average molecular weight is 448 g/mol. The molecule has 0 spiro atoms. The van der Waals surface area contributed by atoms with Gasteiger partial charge in [-0.25, -0.2) is 4.98 Å². The summed E-state index contributed by atoms with van der Waals surface area (Å²) in [6.07, 6.45) is 2.11. The number of carbonyl (C=O) groups excluding carboxylic acids is 1. The molecule has 2 fully saturated rings. The zero-order valence-corrected chi connectivity index (χ0v) is 19.1. The van der Waals surface area contributed by atoms with Gasteiger partial charge in [-0.3, -0.25) is 9.69 Å². The number of amides is 1. The molecule has 7 nitrogen and oxygen atoms in total. The Hall–Kier alpha value is -3.32. The van der Waals surface area contributed by atoms with Crippen LogP contribution in [0.25, 0.3) is 11.5 Å². The Morgan fingerprint density at radius 2 is 1.79 bits per heavy atom. The van der Waals surface area contributed by atoms with Gasteiger partial charge in [0.1, 0.15) is 17.3 Å². The number of piperazine rings is 1. The average Bonchev–Trinajstić information content (AvgIpc) is 3.62. The fourth-order valence-corrected chi connectivity index (χ4v) is 4.32. The van der Waals surface area contributed by atoms with Crippen LogP contribution in [0.15, 0.2) is 52.9 Å². The van der Waals surface area contributed by atoms with Crippen LogP contribution in [0.5, 0.6) is 11.5 Å². The van der Waals surface area contributed by atoms with E-state index in [2.05, 4.69) is 9.88 Å². The van der Waals surface area contributed by atoms with Gasteiger partial charge in [-0.1, -0.05) is 18.2 Å². The van der Waals surface area contributed by atoms with Gasteiger partial charge < -0.3 is 18.8 Å². The van der Waals surface area contributed by atoms with E-state index in [1.807, 2.05) is 53.4 Å². The fourth-order valence-electron chi connectivity index (χ4n) is 4.32. The quantitative estimate of drug-likeness (QED) is 0.541. The van der Waals surface area contributed by atoms with Crippen molar-refractivity contribution in [2.75, 3.05) is 40.4 Å². The predicted octanol–water partition coefficient (Wildman–Crippen LogP) is 4.19. The van der Waals surface area contributed by atoms with Crippen molar-refractivity contribution in [3.8, 4) is 23.0 Å². The normalized spacial score (nSPS) is 16.6. The van der Waals surface area contributed by atoms with Crippen molar-refractivity contribution in [3.63, 3.8) is 0 Å². The van der Waals surface area contributed by atoms with Crippen molar-refractivity contribution in [1.82, 2.24) is 14.8 Å². The Bertz CT molecular complexity index is 1120. The van der Waals surface area contributed by atoms with Crippen molar-refractivity contribution in [3.05, 3.63) is 65.5 Å². The lowest BCUT2D eigenvalue weighted by atomic mass is 10.1. The smallest absolute Gasteiger partial charge is 0.276 e. The first-order valence-electron chi connectivity index (χ1n) is 11.4. The van der Waals surface area contributed by atoms with E-state index in [1.54, 1.807) is 14.2 Å². The van der Waals surface area contributed by atoms with Crippen LogP contribution in [-0.2, 0) is 6.54 Å². The lowest BCUT2D eigenvalue weighted by Crippen LogP contribution is -2.48. The van der Waals surface area contributed by atoms with Crippen LogP contribution < -0.4 is 9.47 Å². The van der Waals surface area contributed by atoms with Crippen molar-refractivity contribution in [1.29, 1.82) is 0 Å². The van der Waals surface area contributed by atoms with Gasteiger partial charge in [-0.15, -0.1) is 0 Å². The van der Waals surface area contributed by atoms with E-state index >= 15 is 0 Å². The third-order valence-corrected chi connectivity index (χ3v) is 6.37. The second-order valence-electron chi connectivity index (χ2n) is 8.62. The monoisotopic (exact) mass is 447 g/mol. The molecule has 3 aromatic rings. The van der Waals surface area contributed by atoms with E-state index in [0.717, 1.165) is 60.9 Å². The third kappa shape index (κ3) is 4.59. The number of hydrogen-bond acceptors (Lipinski definition) is 6. The molecule has 0 N–H and O–H groups in total. The van der Waals surface area contributed by atoms with Gasteiger partial charge in [0.25, 0.3) is 5.91 Å². The molecular weight excluding hydrogens is 418 g/mol. The summed E-state index contributed by atoms with van der Waals surface area (Å²) in [7, 11) is 3.35. The zero-order valence-electron chi connectivity index (χ0n) is 19.1. The number of aromatic nitrogens is 1. The molecular formula is C26H29N3O4. The molecule has 1 saturated heterocycles. The van der Waals surface area contributed by atoms with E-state index in [0.29, 0.717) is 30.6 Å². The van der Waals surface area contributed by atoms with Crippen molar-refractivity contribution in [2.24, 2.45) is 0 Å². The van der Waals surface area contributed by atoms with Crippen LogP contribution >= 0.6 is 0 Å². The van der Waals surface area contributed by atoms with E-state index < -0.39 is 0 Å². The summed E-state index contributed by atoms with van der Waals surface area (Å²) in [5, 5.41) is 0. The van der Waals surface area contributed by atoms with Crippen LogP contribution in [0.3, 0.4) is 0 Å². The summed E-state index contributed by atoms with van der Waals surface area (Å²) in [6.45, 7) is 3.63. The highest BCUT2D eigenvalue weighted by Crippen LogP contribution is 2.43. The molecule has 1 saturated carbocycles. The van der Waals surface area contributed by atoms with Crippen molar-refractivity contribution < 1.29 is 18.7 Å². The minimum absolute atomic E-state index is 0.0264. The second kappa shape index (κ2) is 9.27. The largest absolute Gasteiger partial charge is 0.497 e.